The average molecular weight is 563 g/mol. The first kappa shape index (κ1) is 25.7. The van der Waals surface area contributed by atoms with Gasteiger partial charge < -0.3 is 0 Å². The number of benzene rings is 5. The van der Waals surface area contributed by atoms with Gasteiger partial charge in [-0.25, -0.2) is 15.0 Å². The van der Waals surface area contributed by atoms with Gasteiger partial charge in [-0.05, 0) is 12.1 Å². The lowest BCUT2D eigenvalue weighted by atomic mass is 9.98. The van der Waals surface area contributed by atoms with Crippen molar-refractivity contribution in [2.24, 2.45) is 0 Å². The molecule has 0 radical (unpaired) electrons. The van der Waals surface area contributed by atoms with E-state index >= 15 is 0 Å². The third-order valence-corrected chi connectivity index (χ3v) is 7.92. The predicted molar refractivity (Wildman–Crippen MR) is 180 cm³/mol. The van der Waals surface area contributed by atoms with Crippen molar-refractivity contribution in [2.75, 3.05) is 0 Å². The molecule has 0 aliphatic carbocycles. The van der Waals surface area contributed by atoms with Gasteiger partial charge in [-0.15, -0.1) is 0 Å². The van der Waals surface area contributed by atoms with E-state index in [4.69, 9.17) is 15.0 Å². The first-order chi connectivity index (χ1) is 21.8. The van der Waals surface area contributed by atoms with E-state index in [-0.39, 0.29) is 0 Å². The fraction of sp³-hybridized carbons (Fsp3) is 0. The molecule has 0 bridgehead atoms. The molecule has 0 atom stereocenters. The van der Waals surface area contributed by atoms with Gasteiger partial charge in [-0.2, -0.15) is 0 Å². The molecular weight excluding hydrogens is 536 g/mol. The van der Waals surface area contributed by atoms with Crippen molar-refractivity contribution in [3.05, 3.63) is 158 Å². The van der Waals surface area contributed by atoms with Gasteiger partial charge in [-0.3, -0.25) is 4.98 Å². The molecule has 3 heterocycles. The predicted octanol–water partition coefficient (Wildman–Crippen LogP) is 9.91. The number of nitrogens with zero attached hydrogens (tertiary/aromatic N) is 4. The highest BCUT2D eigenvalue weighted by atomic mass is 14.9. The summed E-state index contributed by atoms with van der Waals surface area (Å²) in [5.41, 5.74) is 11.2. The van der Waals surface area contributed by atoms with Crippen molar-refractivity contribution in [3.63, 3.8) is 0 Å². The molecule has 8 aromatic rings. The van der Waals surface area contributed by atoms with Crippen LogP contribution in [0.3, 0.4) is 0 Å². The molecule has 0 aliphatic heterocycles. The third kappa shape index (κ3) is 4.69. The summed E-state index contributed by atoms with van der Waals surface area (Å²) in [5, 5.41) is 2.16. The van der Waals surface area contributed by atoms with Crippen molar-refractivity contribution in [2.45, 2.75) is 0 Å². The second kappa shape index (κ2) is 11.0. The van der Waals surface area contributed by atoms with Gasteiger partial charge in [0.2, 0.25) is 0 Å². The lowest BCUT2D eigenvalue weighted by Crippen LogP contribution is -2.00. The summed E-state index contributed by atoms with van der Waals surface area (Å²) in [6.45, 7) is 0. The molecule has 206 valence electrons. The zero-order valence-electron chi connectivity index (χ0n) is 23.8. The summed E-state index contributed by atoms with van der Waals surface area (Å²) in [7, 11) is 0. The summed E-state index contributed by atoms with van der Waals surface area (Å²) in [5.74, 6) is 0. The summed E-state index contributed by atoms with van der Waals surface area (Å²) < 4.78 is 0. The second-order valence-corrected chi connectivity index (χ2v) is 10.7. The summed E-state index contributed by atoms with van der Waals surface area (Å²) in [4.78, 5) is 20.4. The normalized spacial score (nSPS) is 11.2. The minimum Gasteiger partial charge on any atom is -0.254 e. The summed E-state index contributed by atoms with van der Waals surface area (Å²) >= 11 is 0. The molecule has 4 nitrogen and oxygen atoms in total. The van der Waals surface area contributed by atoms with E-state index in [1.54, 1.807) is 0 Å². The van der Waals surface area contributed by atoms with Crippen LogP contribution in [-0.4, -0.2) is 19.9 Å². The molecule has 0 saturated carbocycles. The van der Waals surface area contributed by atoms with Gasteiger partial charge in [0.1, 0.15) is 0 Å². The van der Waals surface area contributed by atoms with Crippen LogP contribution in [0.4, 0.5) is 0 Å². The Hall–Kier alpha value is -6.00. The van der Waals surface area contributed by atoms with E-state index in [1.165, 1.54) is 0 Å². The lowest BCUT2D eigenvalue weighted by molar-refractivity contribution is 1.21. The van der Waals surface area contributed by atoms with E-state index in [0.29, 0.717) is 0 Å². The quantitative estimate of drug-likeness (QED) is 0.196. The first-order valence-electron chi connectivity index (χ1n) is 14.7. The Labute approximate surface area is 255 Å². The van der Waals surface area contributed by atoms with Crippen LogP contribution in [0.5, 0.6) is 0 Å². The number of pyridine rings is 2. The maximum absolute atomic E-state index is 5.36. The Bertz CT molecular complexity index is 2250. The van der Waals surface area contributed by atoms with Crippen LogP contribution < -0.4 is 0 Å². The van der Waals surface area contributed by atoms with Crippen LogP contribution in [0.2, 0.25) is 0 Å². The van der Waals surface area contributed by atoms with Gasteiger partial charge >= 0.3 is 0 Å². The van der Waals surface area contributed by atoms with E-state index in [9.17, 15) is 0 Å². The van der Waals surface area contributed by atoms with Crippen molar-refractivity contribution >= 4 is 21.8 Å². The largest absolute Gasteiger partial charge is 0.254 e. The highest BCUT2D eigenvalue weighted by molar-refractivity contribution is 6.03. The zero-order chi connectivity index (χ0) is 29.3. The Morgan fingerprint density at radius 2 is 0.727 bits per heavy atom. The highest BCUT2D eigenvalue weighted by Gasteiger charge is 2.19. The third-order valence-electron chi connectivity index (χ3n) is 7.92. The van der Waals surface area contributed by atoms with Gasteiger partial charge in [-0.1, -0.05) is 140 Å². The SMILES string of the molecule is c1ccc(-c2nc(-c3ccccc3)c(-c3ccc(-c4ccc5ccc6cccnc6c5n4)cc3)nc2-c2ccccc2)cc1. The van der Waals surface area contributed by atoms with Crippen molar-refractivity contribution in [1.82, 2.24) is 19.9 Å². The van der Waals surface area contributed by atoms with Crippen LogP contribution in [0.1, 0.15) is 0 Å². The molecule has 44 heavy (non-hydrogen) atoms. The number of rotatable bonds is 5. The molecule has 4 heteroatoms. The Balaban J connectivity index is 1.29. The topological polar surface area (TPSA) is 51.6 Å². The average Bonchev–Trinajstić information content (AvgIpc) is 3.12. The van der Waals surface area contributed by atoms with Crippen LogP contribution in [0.15, 0.2) is 158 Å². The zero-order valence-corrected chi connectivity index (χ0v) is 23.8. The van der Waals surface area contributed by atoms with Gasteiger partial charge in [0, 0.05) is 44.8 Å². The Kier molecular flexibility index (Phi) is 6.43. The molecule has 0 spiro atoms. The maximum Gasteiger partial charge on any atom is 0.0973 e. The molecule has 8 rings (SSSR count). The van der Waals surface area contributed by atoms with Crippen LogP contribution in [0, 0.1) is 0 Å². The molecule has 0 aliphatic rings. The molecule has 0 amide bonds. The molecule has 0 unspecified atom stereocenters. The second-order valence-electron chi connectivity index (χ2n) is 10.7. The standard InChI is InChI=1S/C40H26N4/c1-4-11-28(12-5-1)37-38(29-13-6-2-7-14-29)44-40(39(43-37)30-15-8-3-9-16-30)32-20-18-27(19-21-32)34-25-24-33-23-22-31-17-10-26-41-35(31)36(33)42-34/h1-26H. The van der Waals surface area contributed by atoms with Gasteiger partial charge in [0.15, 0.2) is 0 Å². The smallest absolute Gasteiger partial charge is 0.0973 e. The van der Waals surface area contributed by atoms with Crippen LogP contribution in [-0.2, 0) is 0 Å². The molecular formula is C40H26N4. The summed E-state index contributed by atoms with van der Waals surface area (Å²) in [6.07, 6.45) is 1.82. The minimum absolute atomic E-state index is 0.836. The van der Waals surface area contributed by atoms with Crippen molar-refractivity contribution in [3.8, 4) is 56.3 Å². The van der Waals surface area contributed by atoms with E-state index in [1.807, 2.05) is 66.9 Å². The highest BCUT2D eigenvalue weighted by Crippen LogP contribution is 2.37. The van der Waals surface area contributed by atoms with Crippen LogP contribution in [0.25, 0.3) is 78.1 Å². The van der Waals surface area contributed by atoms with Gasteiger partial charge in [0.05, 0.1) is 39.5 Å². The fourth-order valence-electron chi connectivity index (χ4n) is 5.71. The molecule has 0 N–H and O–H groups in total. The Morgan fingerprint density at radius 3 is 1.25 bits per heavy atom. The first-order valence-corrected chi connectivity index (χ1v) is 14.7. The number of hydrogen-bond donors (Lipinski definition) is 0. The number of hydrogen-bond acceptors (Lipinski definition) is 4. The molecule has 0 fully saturated rings. The number of fused-ring (bicyclic) bond motifs is 3. The molecule has 0 saturated heterocycles. The minimum atomic E-state index is 0.836. The number of aromatic nitrogens is 4. The maximum atomic E-state index is 5.36. The van der Waals surface area contributed by atoms with Crippen molar-refractivity contribution < 1.29 is 0 Å². The monoisotopic (exact) mass is 562 g/mol. The van der Waals surface area contributed by atoms with E-state index < -0.39 is 0 Å². The summed E-state index contributed by atoms with van der Waals surface area (Å²) in [6, 6.07) is 51.8. The molecule has 5 aromatic carbocycles. The van der Waals surface area contributed by atoms with E-state index in [0.717, 1.165) is 78.1 Å². The van der Waals surface area contributed by atoms with Crippen LogP contribution >= 0.6 is 0 Å². The van der Waals surface area contributed by atoms with Gasteiger partial charge in [0.25, 0.3) is 0 Å². The van der Waals surface area contributed by atoms with E-state index in [2.05, 4.69) is 96.0 Å². The lowest BCUT2D eigenvalue weighted by Gasteiger charge is -2.16. The fourth-order valence-corrected chi connectivity index (χ4v) is 5.71. The Morgan fingerprint density at radius 1 is 0.295 bits per heavy atom. The van der Waals surface area contributed by atoms with Crippen molar-refractivity contribution in [1.29, 1.82) is 0 Å². The molecule has 3 aromatic heterocycles.